The number of hydrogen-bond acceptors (Lipinski definition) is 4. The molecule has 1 aromatic carbocycles. The molecule has 4 nitrogen and oxygen atoms in total. The molecule has 1 aromatic heterocycles. The van der Waals surface area contributed by atoms with E-state index in [1.165, 1.54) is 0 Å². The number of oxazole rings is 1. The Morgan fingerprint density at radius 2 is 2.33 bits per heavy atom. The van der Waals surface area contributed by atoms with Crippen molar-refractivity contribution in [1.82, 2.24) is 9.88 Å². The highest BCUT2D eigenvalue weighted by atomic mass is 35.5. The third-order valence-corrected chi connectivity index (χ3v) is 4.28. The lowest BCUT2D eigenvalue weighted by atomic mass is 9.99. The van der Waals surface area contributed by atoms with E-state index in [0.717, 1.165) is 37.2 Å². The van der Waals surface area contributed by atoms with Gasteiger partial charge in [0.15, 0.2) is 0 Å². The van der Waals surface area contributed by atoms with Crippen LogP contribution in [0.25, 0.3) is 11.5 Å². The van der Waals surface area contributed by atoms with Crippen LogP contribution < -0.4 is 5.73 Å². The first kappa shape index (κ1) is 14.6. The molecular weight excluding hydrogens is 286 g/mol. The molecule has 21 heavy (non-hydrogen) atoms. The van der Waals surface area contributed by atoms with E-state index >= 15 is 0 Å². The van der Waals surface area contributed by atoms with Gasteiger partial charge in [0.2, 0.25) is 5.89 Å². The summed E-state index contributed by atoms with van der Waals surface area (Å²) < 4.78 is 5.58. The maximum absolute atomic E-state index is 6.00. The van der Waals surface area contributed by atoms with E-state index in [2.05, 4.69) is 16.8 Å². The number of aromatic nitrogens is 1. The van der Waals surface area contributed by atoms with E-state index in [0.29, 0.717) is 23.0 Å². The molecule has 2 heterocycles. The summed E-state index contributed by atoms with van der Waals surface area (Å²) >= 11 is 6.00. The van der Waals surface area contributed by atoms with Crippen molar-refractivity contribution >= 4 is 11.6 Å². The first-order valence-corrected chi connectivity index (χ1v) is 7.69. The summed E-state index contributed by atoms with van der Waals surface area (Å²) in [5, 5.41) is 0.686. The molecule has 3 rings (SSSR count). The average Bonchev–Trinajstić information content (AvgIpc) is 2.91. The van der Waals surface area contributed by atoms with Crippen molar-refractivity contribution in [2.45, 2.75) is 38.4 Å². The highest BCUT2D eigenvalue weighted by Crippen LogP contribution is 2.24. The number of benzene rings is 1. The van der Waals surface area contributed by atoms with Crippen LogP contribution in [0.4, 0.5) is 0 Å². The predicted molar refractivity (Wildman–Crippen MR) is 84.0 cm³/mol. The molecule has 1 aliphatic heterocycles. The van der Waals surface area contributed by atoms with Crippen LogP contribution in [0.5, 0.6) is 0 Å². The zero-order valence-corrected chi connectivity index (χ0v) is 12.9. The number of piperidine rings is 1. The normalized spacial score (nSPS) is 23.4. The molecule has 0 bridgehead atoms. The summed E-state index contributed by atoms with van der Waals surface area (Å²) in [6.07, 6.45) is 3.82. The smallest absolute Gasteiger partial charge is 0.226 e. The van der Waals surface area contributed by atoms with Crippen molar-refractivity contribution in [2.75, 3.05) is 6.54 Å². The summed E-state index contributed by atoms with van der Waals surface area (Å²) in [5.41, 5.74) is 7.86. The first-order chi connectivity index (χ1) is 10.1. The molecule has 0 radical (unpaired) electrons. The molecule has 2 N–H and O–H groups in total. The van der Waals surface area contributed by atoms with Crippen molar-refractivity contribution in [3.63, 3.8) is 0 Å². The molecule has 0 amide bonds. The number of hydrogen-bond donors (Lipinski definition) is 1. The fourth-order valence-electron chi connectivity index (χ4n) is 2.83. The van der Waals surface area contributed by atoms with E-state index in [1.54, 1.807) is 6.26 Å². The van der Waals surface area contributed by atoms with Crippen molar-refractivity contribution in [2.24, 2.45) is 5.73 Å². The van der Waals surface area contributed by atoms with Gasteiger partial charge < -0.3 is 10.2 Å². The first-order valence-electron chi connectivity index (χ1n) is 7.32. The largest absolute Gasteiger partial charge is 0.444 e. The number of nitrogens with zero attached hydrogens (tertiary/aromatic N) is 2. The lowest BCUT2D eigenvalue weighted by Crippen LogP contribution is -2.45. The molecule has 1 saturated heterocycles. The van der Waals surface area contributed by atoms with Crippen LogP contribution in [0.1, 0.15) is 25.5 Å². The Hall–Kier alpha value is -1.36. The van der Waals surface area contributed by atoms with Gasteiger partial charge in [-0.05, 0) is 38.0 Å². The van der Waals surface area contributed by atoms with E-state index in [1.807, 2.05) is 24.3 Å². The van der Waals surface area contributed by atoms with Crippen molar-refractivity contribution < 1.29 is 4.42 Å². The molecule has 2 aromatic rings. The summed E-state index contributed by atoms with van der Waals surface area (Å²) in [7, 11) is 0. The zero-order chi connectivity index (χ0) is 14.8. The van der Waals surface area contributed by atoms with E-state index in [-0.39, 0.29) is 0 Å². The molecule has 112 valence electrons. The minimum absolute atomic E-state index is 0.329. The molecule has 0 aliphatic carbocycles. The number of rotatable bonds is 3. The van der Waals surface area contributed by atoms with Gasteiger partial charge in [0.05, 0.1) is 5.69 Å². The second kappa shape index (κ2) is 6.18. The summed E-state index contributed by atoms with van der Waals surface area (Å²) in [5.74, 6) is 0.619. The zero-order valence-electron chi connectivity index (χ0n) is 12.1. The van der Waals surface area contributed by atoms with Crippen molar-refractivity contribution in [3.05, 3.63) is 41.2 Å². The van der Waals surface area contributed by atoms with Gasteiger partial charge in [-0.3, -0.25) is 4.90 Å². The summed E-state index contributed by atoms with van der Waals surface area (Å²) in [4.78, 5) is 6.98. The topological polar surface area (TPSA) is 55.3 Å². The van der Waals surface area contributed by atoms with Crippen LogP contribution >= 0.6 is 11.6 Å². The molecule has 5 heteroatoms. The highest BCUT2D eigenvalue weighted by molar-refractivity contribution is 6.30. The lowest BCUT2D eigenvalue weighted by molar-refractivity contribution is 0.138. The number of nitrogens with two attached hydrogens (primary N) is 1. The van der Waals surface area contributed by atoms with E-state index in [9.17, 15) is 0 Å². The average molecular weight is 306 g/mol. The Morgan fingerprint density at radius 1 is 1.48 bits per heavy atom. The standard InChI is InChI=1S/C16H20ClN3O/c1-11-7-14(18)5-6-20(11)9-15-10-21-16(19-15)12-3-2-4-13(17)8-12/h2-4,8,10-11,14H,5-7,9,18H2,1H3. The van der Waals surface area contributed by atoms with Gasteiger partial charge in [0, 0.05) is 35.8 Å². The van der Waals surface area contributed by atoms with Gasteiger partial charge in [-0.2, -0.15) is 0 Å². The van der Waals surface area contributed by atoms with Gasteiger partial charge in [-0.1, -0.05) is 17.7 Å². The number of likely N-dealkylation sites (tertiary alicyclic amines) is 1. The molecule has 0 saturated carbocycles. The van der Waals surface area contributed by atoms with Crippen molar-refractivity contribution in [1.29, 1.82) is 0 Å². The van der Waals surface area contributed by atoms with Gasteiger partial charge in [0.25, 0.3) is 0 Å². The Kier molecular flexibility index (Phi) is 4.29. The maximum atomic E-state index is 6.00. The van der Waals surface area contributed by atoms with Crippen LogP contribution in [0, 0.1) is 0 Å². The SMILES string of the molecule is CC1CC(N)CCN1Cc1coc(-c2cccc(Cl)c2)n1. The molecular formula is C16H20ClN3O. The monoisotopic (exact) mass is 305 g/mol. The molecule has 1 fully saturated rings. The van der Waals surface area contributed by atoms with Crippen molar-refractivity contribution in [3.8, 4) is 11.5 Å². The van der Waals surface area contributed by atoms with Crippen LogP contribution in [-0.2, 0) is 6.54 Å². The van der Waals surface area contributed by atoms with Gasteiger partial charge in [0.1, 0.15) is 6.26 Å². The molecule has 2 atom stereocenters. The second-order valence-corrected chi connectivity index (χ2v) is 6.19. The Labute approximate surface area is 129 Å². The maximum Gasteiger partial charge on any atom is 0.226 e. The Morgan fingerprint density at radius 3 is 3.10 bits per heavy atom. The van der Waals surface area contributed by atoms with Crippen LogP contribution in [0.2, 0.25) is 5.02 Å². The molecule has 2 unspecified atom stereocenters. The third kappa shape index (κ3) is 3.46. The fraction of sp³-hybridized carbons (Fsp3) is 0.438. The Bertz CT molecular complexity index is 613. The van der Waals surface area contributed by atoms with E-state index < -0.39 is 0 Å². The number of halogens is 1. The molecule has 0 spiro atoms. The van der Waals surface area contributed by atoms with Crippen LogP contribution in [0.3, 0.4) is 0 Å². The summed E-state index contributed by atoms with van der Waals surface area (Å²) in [6.45, 7) is 4.04. The lowest BCUT2D eigenvalue weighted by Gasteiger charge is -2.35. The minimum Gasteiger partial charge on any atom is -0.444 e. The third-order valence-electron chi connectivity index (χ3n) is 4.04. The highest BCUT2D eigenvalue weighted by Gasteiger charge is 2.24. The van der Waals surface area contributed by atoms with Gasteiger partial charge in [-0.15, -0.1) is 0 Å². The predicted octanol–water partition coefficient (Wildman–Crippen LogP) is 3.31. The fourth-order valence-corrected chi connectivity index (χ4v) is 3.02. The summed E-state index contributed by atoms with van der Waals surface area (Å²) in [6, 6.07) is 8.36. The van der Waals surface area contributed by atoms with Crippen LogP contribution in [0.15, 0.2) is 34.9 Å². The quantitative estimate of drug-likeness (QED) is 0.945. The Balaban J connectivity index is 1.71. The van der Waals surface area contributed by atoms with E-state index in [4.69, 9.17) is 21.8 Å². The van der Waals surface area contributed by atoms with Gasteiger partial charge in [-0.25, -0.2) is 4.98 Å². The van der Waals surface area contributed by atoms with Gasteiger partial charge >= 0.3 is 0 Å². The minimum atomic E-state index is 0.329. The van der Waals surface area contributed by atoms with Crippen LogP contribution in [-0.4, -0.2) is 28.5 Å². The molecule has 1 aliphatic rings. The second-order valence-electron chi connectivity index (χ2n) is 5.76.